The zero-order chi connectivity index (χ0) is 24.6. The fourth-order valence-electron chi connectivity index (χ4n) is 3.82. The topological polar surface area (TPSA) is 84.0 Å². The van der Waals surface area contributed by atoms with Crippen molar-refractivity contribution in [3.05, 3.63) is 59.6 Å². The van der Waals surface area contributed by atoms with Crippen molar-refractivity contribution in [3.63, 3.8) is 0 Å². The van der Waals surface area contributed by atoms with Gasteiger partial charge in [0, 0.05) is 43.3 Å². The molecular formula is C25H28N4O4S2. The maximum absolute atomic E-state index is 12.8. The quantitative estimate of drug-likeness (QED) is 0.437. The second-order valence-electron chi connectivity index (χ2n) is 7.89. The molecular weight excluding hydrogens is 484 g/mol. The Kier molecular flexibility index (Phi) is 8.49. The molecule has 2 amide bonds. The van der Waals surface area contributed by atoms with Gasteiger partial charge in [0.25, 0.3) is 0 Å². The third kappa shape index (κ3) is 6.67. The highest BCUT2D eigenvalue weighted by Crippen LogP contribution is 2.29. The average molecular weight is 513 g/mol. The van der Waals surface area contributed by atoms with Gasteiger partial charge in [-0.15, -0.1) is 11.3 Å². The summed E-state index contributed by atoms with van der Waals surface area (Å²) in [4.78, 5) is 33.8. The molecule has 1 aliphatic rings. The van der Waals surface area contributed by atoms with E-state index in [2.05, 4.69) is 15.2 Å². The summed E-state index contributed by atoms with van der Waals surface area (Å²) in [7, 11) is 3.26. The highest BCUT2D eigenvalue weighted by molar-refractivity contribution is 8.01. The van der Waals surface area contributed by atoms with Crippen molar-refractivity contribution in [2.75, 3.05) is 56.4 Å². The molecule has 0 bridgehead atoms. The van der Waals surface area contributed by atoms with E-state index in [1.165, 1.54) is 23.1 Å². The molecule has 1 aromatic heterocycles. The molecule has 0 spiro atoms. The predicted octanol–water partition coefficient (Wildman–Crippen LogP) is 3.78. The smallest absolute Gasteiger partial charge is 0.234 e. The number of carbonyl (C=O) groups is 2. The summed E-state index contributed by atoms with van der Waals surface area (Å²) >= 11 is 2.82. The number of hydrogen-bond donors (Lipinski definition) is 1. The Balaban J connectivity index is 1.23. The van der Waals surface area contributed by atoms with Crippen molar-refractivity contribution in [3.8, 4) is 11.5 Å². The number of thioether (sulfide) groups is 1. The Hall–Kier alpha value is -3.24. The van der Waals surface area contributed by atoms with Gasteiger partial charge in [0.15, 0.2) is 4.34 Å². The molecule has 3 aromatic rings. The van der Waals surface area contributed by atoms with E-state index in [0.717, 1.165) is 34.6 Å². The zero-order valence-corrected chi connectivity index (χ0v) is 21.4. The molecule has 0 saturated carbocycles. The maximum atomic E-state index is 12.8. The van der Waals surface area contributed by atoms with Crippen LogP contribution in [0.5, 0.6) is 11.5 Å². The molecule has 8 nitrogen and oxygen atoms in total. The molecule has 0 aliphatic carbocycles. The number of hydrogen-bond acceptors (Lipinski definition) is 8. The molecule has 0 atom stereocenters. The molecule has 35 heavy (non-hydrogen) atoms. The number of ether oxygens (including phenoxy) is 2. The molecule has 184 valence electrons. The summed E-state index contributed by atoms with van der Waals surface area (Å²) in [6.45, 7) is 2.83. The fraction of sp³-hybridized carbons (Fsp3) is 0.320. The average Bonchev–Trinajstić information content (AvgIpc) is 3.34. The first kappa shape index (κ1) is 24.9. The molecule has 1 N–H and O–H groups in total. The van der Waals surface area contributed by atoms with Crippen molar-refractivity contribution >= 4 is 46.3 Å². The van der Waals surface area contributed by atoms with E-state index in [0.29, 0.717) is 24.5 Å². The van der Waals surface area contributed by atoms with Crippen LogP contribution < -0.4 is 19.7 Å². The van der Waals surface area contributed by atoms with Crippen molar-refractivity contribution < 1.29 is 19.1 Å². The SMILES string of the molecule is COc1cccc(NC(=O)CSc2nc(CC(=O)N3CCN(c4ccccc4OC)CC3)cs2)c1. The van der Waals surface area contributed by atoms with Gasteiger partial charge in [0.1, 0.15) is 11.5 Å². The van der Waals surface area contributed by atoms with E-state index in [1.807, 2.05) is 52.7 Å². The molecule has 0 radical (unpaired) electrons. The monoisotopic (exact) mass is 512 g/mol. The Labute approximate surface area is 213 Å². The molecule has 10 heteroatoms. The predicted molar refractivity (Wildman–Crippen MR) is 140 cm³/mol. The van der Waals surface area contributed by atoms with Crippen LogP contribution in [0.1, 0.15) is 5.69 Å². The van der Waals surface area contributed by atoms with Gasteiger partial charge in [-0.1, -0.05) is 30.0 Å². The summed E-state index contributed by atoms with van der Waals surface area (Å²) < 4.78 is 11.4. The Morgan fingerprint density at radius 1 is 1.06 bits per heavy atom. The normalized spacial score (nSPS) is 13.4. The van der Waals surface area contributed by atoms with Gasteiger partial charge >= 0.3 is 0 Å². The molecule has 4 rings (SSSR count). The summed E-state index contributed by atoms with van der Waals surface area (Å²) in [5.41, 5.74) is 2.48. The fourth-order valence-corrected chi connectivity index (χ4v) is 5.46. The van der Waals surface area contributed by atoms with Crippen molar-refractivity contribution in [2.45, 2.75) is 10.8 Å². The van der Waals surface area contributed by atoms with Crippen LogP contribution in [-0.2, 0) is 16.0 Å². The van der Waals surface area contributed by atoms with Crippen LogP contribution in [0.2, 0.25) is 0 Å². The number of rotatable bonds is 9. The van der Waals surface area contributed by atoms with Crippen LogP contribution in [-0.4, -0.2) is 67.8 Å². The lowest BCUT2D eigenvalue weighted by atomic mass is 10.2. The summed E-state index contributed by atoms with van der Waals surface area (Å²) in [5.74, 6) is 1.72. The number of amides is 2. The lowest BCUT2D eigenvalue weighted by Crippen LogP contribution is -2.49. The Morgan fingerprint density at radius 2 is 1.86 bits per heavy atom. The van der Waals surface area contributed by atoms with Crippen LogP contribution in [0.3, 0.4) is 0 Å². The summed E-state index contributed by atoms with van der Waals surface area (Å²) in [5, 5.41) is 4.75. The Bertz CT molecular complexity index is 1160. The molecule has 0 unspecified atom stereocenters. The number of benzene rings is 2. The summed E-state index contributed by atoms with van der Waals surface area (Å²) in [6, 6.07) is 15.2. The van der Waals surface area contributed by atoms with E-state index in [9.17, 15) is 9.59 Å². The van der Waals surface area contributed by atoms with Crippen molar-refractivity contribution in [2.24, 2.45) is 0 Å². The number of nitrogens with one attached hydrogen (secondary N) is 1. The largest absolute Gasteiger partial charge is 0.497 e. The first-order valence-electron chi connectivity index (χ1n) is 11.2. The molecule has 2 aromatic carbocycles. The van der Waals surface area contributed by atoms with Gasteiger partial charge in [-0.25, -0.2) is 4.98 Å². The molecule has 1 saturated heterocycles. The van der Waals surface area contributed by atoms with E-state index in [4.69, 9.17) is 9.47 Å². The Morgan fingerprint density at radius 3 is 2.63 bits per heavy atom. The molecule has 1 fully saturated rings. The standard InChI is InChI=1S/C25H28N4O4S2/c1-32-20-7-5-6-18(14-20)26-23(30)17-35-25-27-19(16-34-25)15-24(31)29-12-10-28(11-13-29)21-8-3-4-9-22(21)33-2/h3-9,14,16H,10-13,15,17H2,1-2H3,(H,26,30). The molecule has 2 heterocycles. The molecule has 1 aliphatic heterocycles. The van der Waals surface area contributed by atoms with Crippen LogP contribution in [0.4, 0.5) is 11.4 Å². The van der Waals surface area contributed by atoms with Gasteiger partial charge in [-0.05, 0) is 24.3 Å². The van der Waals surface area contributed by atoms with Crippen molar-refractivity contribution in [1.29, 1.82) is 0 Å². The van der Waals surface area contributed by atoms with E-state index >= 15 is 0 Å². The van der Waals surface area contributed by atoms with Gasteiger partial charge in [0.2, 0.25) is 11.8 Å². The third-order valence-electron chi connectivity index (χ3n) is 5.60. The zero-order valence-electron chi connectivity index (χ0n) is 19.7. The maximum Gasteiger partial charge on any atom is 0.234 e. The number of carbonyl (C=O) groups excluding carboxylic acids is 2. The third-order valence-corrected chi connectivity index (χ3v) is 7.67. The number of anilines is 2. The second-order valence-corrected chi connectivity index (χ2v) is 9.97. The van der Waals surface area contributed by atoms with E-state index < -0.39 is 0 Å². The first-order chi connectivity index (χ1) is 17.1. The van der Waals surface area contributed by atoms with Gasteiger partial charge in [0.05, 0.1) is 37.8 Å². The second kappa shape index (κ2) is 11.9. The minimum atomic E-state index is -0.121. The van der Waals surface area contributed by atoms with Crippen LogP contribution in [0.25, 0.3) is 0 Å². The summed E-state index contributed by atoms with van der Waals surface area (Å²) in [6.07, 6.45) is 0.266. The highest BCUT2D eigenvalue weighted by atomic mass is 32.2. The lowest BCUT2D eigenvalue weighted by molar-refractivity contribution is -0.130. The number of methoxy groups -OCH3 is 2. The highest BCUT2D eigenvalue weighted by Gasteiger charge is 2.23. The minimum Gasteiger partial charge on any atom is -0.497 e. The van der Waals surface area contributed by atoms with Crippen LogP contribution in [0, 0.1) is 0 Å². The van der Waals surface area contributed by atoms with E-state index in [-0.39, 0.29) is 24.0 Å². The number of nitrogens with zero attached hydrogens (tertiary/aromatic N) is 3. The van der Waals surface area contributed by atoms with E-state index in [1.54, 1.807) is 20.3 Å². The first-order valence-corrected chi connectivity index (χ1v) is 13.1. The lowest BCUT2D eigenvalue weighted by Gasteiger charge is -2.36. The number of piperazine rings is 1. The van der Waals surface area contributed by atoms with Crippen molar-refractivity contribution in [1.82, 2.24) is 9.88 Å². The number of thiazole rings is 1. The van der Waals surface area contributed by atoms with Crippen LogP contribution >= 0.6 is 23.1 Å². The van der Waals surface area contributed by atoms with Gasteiger partial charge < -0.3 is 24.6 Å². The van der Waals surface area contributed by atoms with Gasteiger partial charge in [-0.2, -0.15) is 0 Å². The number of aromatic nitrogens is 1. The number of para-hydroxylation sites is 2. The van der Waals surface area contributed by atoms with Crippen LogP contribution in [0.15, 0.2) is 58.3 Å². The van der Waals surface area contributed by atoms with Gasteiger partial charge in [-0.3, -0.25) is 9.59 Å². The minimum absolute atomic E-state index is 0.0716.